The summed E-state index contributed by atoms with van der Waals surface area (Å²) < 4.78 is 68.8. The largest absolute Gasteiger partial charge is 0.472 e. The third-order valence-electron chi connectivity index (χ3n) is 19.6. The summed E-state index contributed by atoms with van der Waals surface area (Å²) in [6, 6.07) is 0. The first-order valence-corrected chi connectivity index (χ1v) is 46.3. The van der Waals surface area contributed by atoms with E-state index in [2.05, 4.69) is 48.5 Å². The fourth-order valence-electron chi connectivity index (χ4n) is 13.0. The molecule has 3 N–H and O–H groups in total. The van der Waals surface area contributed by atoms with E-state index in [1.807, 2.05) is 0 Å². The van der Waals surface area contributed by atoms with E-state index in [0.29, 0.717) is 25.7 Å². The Morgan fingerprint density at radius 3 is 0.660 bits per heavy atom. The first-order chi connectivity index (χ1) is 49.7. The van der Waals surface area contributed by atoms with Crippen LogP contribution in [0.5, 0.6) is 0 Å². The topological polar surface area (TPSA) is 237 Å². The normalized spacial score (nSPS) is 13.9. The fraction of sp³-hybridized carbons (Fsp3) is 0.952. The maximum absolute atomic E-state index is 13.1. The van der Waals surface area contributed by atoms with Crippen molar-refractivity contribution < 1.29 is 80.2 Å². The van der Waals surface area contributed by atoms with E-state index < -0.39 is 97.5 Å². The highest BCUT2D eigenvalue weighted by Crippen LogP contribution is 2.45. The molecule has 0 bridgehead atoms. The van der Waals surface area contributed by atoms with E-state index in [-0.39, 0.29) is 25.7 Å². The summed E-state index contributed by atoms with van der Waals surface area (Å²) in [5.74, 6) is 0.258. The summed E-state index contributed by atoms with van der Waals surface area (Å²) in [6.45, 7) is 12.0. The summed E-state index contributed by atoms with van der Waals surface area (Å²) in [5.41, 5.74) is 0. The van der Waals surface area contributed by atoms with Crippen molar-refractivity contribution in [1.82, 2.24) is 0 Å². The lowest BCUT2D eigenvalue weighted by molar-refractivity contribution is -0.161. The molecule has 2 unspecified atom stereocenters. The summed E-state index contributed by atoms with van der Waals surface area (Å²) in [5, 5.41) is 10.7. The Morgan fingerprint density at radius 2 is 0.447 bits per heavy atom. The van der Waals surface area contributed by atoms with E-state index in [1.54, 1.807) is 0 Å². The van der Waals surface area contributed by atoms with Crippen molar-refractivity contribution in [3.05, 3.63) is 0 Å². The summed E-state index contributed by atoms with van der Waals surface area (Å²) >= 11 is 0. The van der Waals surface area contributed by atoms with Gasteiger partial charge in [-0.15, -0.1) is 0 Å². The Hall–Kier alpha value is -1.94. The number of hydrogen-bond donors (Lipinski definition) is 3. The Kier molecular flexibility index (Phi) is 72.8. The van der Waals surface area contributed by atoms with Gasteiger partial charge in [0.2, 0.25) is 0 Å². The SMILES string of the molecule is CCCCCCCCCCCCCCCC(=O)O[C@H](COC(=O)CCCCCCCCCCCC(C)C)COP(=O)(O)OC[C@H](O)COP(=O)(O)OC[C@@H](COC(=O)CCCCCCCCCCCCCCCCC(C)C)OC(=O)CCCCCCCCCCCCCCCCCCCCC(C)C. The lowest BCUT2D eigenvalue weighted by Crippen LogP contribution is -2.30. The van der Waals surface area contributed by atoms with E-state index in [9.17, 15) is 43.2 Å². The van der Waals surface area contributed by atoms with Gasteiger partial charge in [0.15, 0.2) is 12.2 Å². The van der Waals surface area contributed by atoms with Crippen LogP contribution in [0.25, 0.3) is 0 Å². The molecule has 5 atom stereocenters. The van der Waals surface area contributed by atoms with Crippen LogP contribution in [0, 0.1) is 17.8 Å². The highest BCUT2D eigenvalue weighted by atomic mass is 31.2. The van der Waals surface area contributed by atoms with Gasteiger partial charge in [-0.05, 0) is 43.4 Å². The molecule has 0 aromatic heterocycles. The third kappa shape index (κ3) is 78.0. The van der Waals surface area contributed by atoms with Gasteiger partial charge in [0, 0.05) is 25.7 Å². The quantitative estimate of drug-likeness (QED) is 0.0222. The minimum Gasteiger partial charge on any atom is -0.462 e. The number of phosphoric acid groups is 2. The van der Waals surface area contributed by atoms with Gasteiger partial charge < -0.3 is 33.8 Å². The molecule has 0 aliphatic carbocycles. The van der Waals surface area contributed by atoms with Crippen LogP contribution >= 0.6 is 15.6 Å². The third-order valence-corrected chi connectivity index (χ3v) is 21.5. The maximum Gasteiger partial charge on any atom is 0.472 e. The molecule has 0 rings (SSSR count). The zero-order valence-corrected chi connectivity index (χ0v) is 69.6. The molecule has 0 spiro atoms. The summed E-state index contributed by atoms with van der Waals surface area (Å²) in [4.78, 5) is 73.1. The van der Waals surface area contributed by atoms with Crippen molar-refractivity contribution in [3.8, 4) is 0 Å². The molecule has 0 saturated heterocycles. The average Bonchev–Trinajstić information content (AvgIpc) is 0.906. The molecule has 0 heterocycles. The van der Waals surface area contributed by atoms with Gasteiger partial charge >= 0.3 is 39.5 Å². The molecular weight excluding hydrogens is 1340 g/mol. The lowest BCUT2D eigenvalue weighted by atomic mass is 10.0. The molecule has 0 saturated carbocycles. The predicted molar refractivity (Wildman–Crippen MR) is 423 cm³/mol. The molecule has 0 fully saturated rings. The number of rotatable bonds is 82. The first kappa shape index (κ1) is 101. The fourth-order valence-corrected chi connectivity index (χ4v) is 14.6. The van der Waals surface area contributed by atoms with Crippen LogP contribution in [0.1, 0.15) is 440 Å². The average molecular weight is 1510 g/mol. The van der Waals surface area contributed by atoms with Crippen molar-refractivity contribution in [3.63, 3.8) is 0 Å². The second-order valence-electron chi connectivity index (χ2n) is 31.6. The van der Waals surface area contributed by atoms with E-state index in [0.717, 1.165) is 108 Å². The van der Waals surface area contributed by atoms with Crippen LogP contribution in [0.2, 0.25) is 0 Å². The summed E-state index contributed by atoms with van der Waals surface area (Å²) in [7, 11) is -9.93. The molecule has 0 aromatic rings. The number of carbonyl (C=O) groups is 4. The molecular formula is C84H164O17P2. The van der Waals surface area contributed by atoms with Crippen LogP contribution < -0.4 is 0 Å². The Morgan fingerprint density at radius 1 is 0.262 bits per heavy atom. The Balaban J connectivity index is 5.24. The van der Waals surface area contributed by atoms with Crippen molar-refractivity contribution in [2.45, 2.75) is 458 Å². The molecule has 19 heteroatoms. The zero-order chi connectivity index (χ0) is 75.8. The van der Waals surface area contributed by atoms with E-state index in [4.69, 9.17) is 37.0 Å². The van der Waals surface area contributed by atoms with Gasteiger partial charge in [-0.1, -0.05) is 389 Å². The van der Waals surface area contributed by atoms with Crippen LogP contribution in [0.3, 0.4) is 0 Å². The van der Waals surface area contributed by atoms with Crippen LogP contribution in [-0.4, -0.2) is 96.7 Å². The maximum atomic E-state index is 13.1. The number of hydrogen-bond acceptors (Lipinski definition) is 15. The highest BCUT2D eigenvalue weighted by Gasteiger charge is 2.30. The number of phosphoric ester groups is 2. The van der Waals surface area contributed by atoms with Crippen molar-refractivity contribution in [2.24, 2.45) is 17.8 Å². The molecule has 17 nitrogen and oxygen atoms in total. The number of carbonyl (C=O) groups excluding carboxylic acids is 4. The molecule has 0 radical (unpaired) electrons. The first-order valence-electron chi connectivity index (χ1n) is 43.3. The Labute approximate surface area is 632 Å². The lowest BCUT2D eigenvalue weighted by Gasteiger charge is -2.21. The van der Waals surface area contributed by atoms with Gasteiger partial charge in [0.1, 0.15) is 19.3 Å². The number of aliphatic hydroxyl groups is 1. The van der Waals surface area contributed by atoms with Gasteiger partial charge in [0.25, 0.3) is 0 Å². The minimum absolute atomic E-state index is 0.107. The van der Waals surface area contributed by atoms with Gasteiger partial charge in [0.05, 0.1) is 26.4 Å². The van der Waals surface area contributed by atoms with Crippen molar-refractivity contribution >= 4 is 39.5 Å². The van der Waals surface area contributed by atoms with Crippen LogP contribution in [0.15, 0.2) is 0 Å². The van der Waals surface area contributed by atoms with Crippen LogP contribution in [-0.2, 0) is 65.4 Å². The second kappa shape index (κ2) is 74.2. The van der Waals surface area contributed by atoms with Crippen LogP contribution in [0.4, 0.5) is 0 Å². The number of unbranched alkanes of at least 4 members (excludes halogenated alkanes) is 50. The van der Waals surface area contributed by atoms with Gasteiger partial charge in [-0.2, -0.15) is 0 Å². The minimum atomic E-state index is -4.96. The number of ether oxygens (including phenoxy) is 4. The second-order valence-corrected chi connectivity index (χ2v) is 34.6. The molecule has 103 heavy (non-hydrogen) atoms. The molecule has 612 valence electrons. The van der Waals surface area contributed by atoms with Gasteiger partial charge in [-0.3, -0.25) is 37.3 Å². The molecule has 0 aliphatic heterocycles. The number of aliphatic hydroxyl groups excluding tert-OH is 1. The Bertz CT molecular complexity index is 1990. The van der Waals surface area contributed by atoms with Gasteiger partial charge in [-0.25, -0.2) is 9.13 Å². The van der Waals surface area contributed by atoms with E-state index in [1.165, 1.54) is 250 Å². The van der Waals surface area contributed by atoms with E-state index >= 15 is 0 Å². The van der Waals surface area contributed by atoms with Crippen molar-refractivity contribution in [2.75, 3.05) is 39.6 Å². The predicted octanol–water partition coefficient (Wildman–Crippen LogP) is 25.3. The zero-order valence-electron chi connectivity index (χ0n) is 67.8. The molecule has 0 aromatic carbocycles. The smallest absolute Gasteiger partial charge is 0.462 e. The van der Waals surface area contributed by atoms with Crippen molar-refractivity contribution in [1.29, 1.82) is 0 Å². The summed E-state index contributed by atoms with van der Waals surface area (Å²) in [6.07, 6.45) is 63.8. The monoisotopic (exact) mass is 1510 g/mol. The standard InChI is InChI=1S/C84H164O17P2/c1-8-9-10-11-12-13-14-23-31-38-46-53-60-67-83(88)101-80(72-95-82(87)66-59-52-45-40-33-36-43-50-57-64-77(6)7)74-99-103(92,93)97-70-78(85)69-96-102(90,91)98-73-79(71-94-81(86)65-58-51-44-37-30-26-22-21-25-29-35-42-49-56-63-76(4)5)100-84(89)68-61-54-47-39-32-27-20-18-16-15-17-19-24-28-34-41-48-55-62-75(2)3/h75-80,85H,8-74H2,1-7H3,(H,90,91)(H,92,93)/t78-,79-,80-/m1/s1. The highest BCUT2D eigenvalue weighted by molar-refractivity contribution is 7.47. The molecule has 0 amide bonds. The molecule has 0 aliphatic rings. The number of esters is 4.